The van der Waals surface area contributed by atoms with Crippen LogP contribution in [0.1, 0.15) is 43.5 Å². The topological polar surface area (TPSA) is 58.4 Å². The van der Waals surface area contributed by atoms with Crippen LogP contribution in [0.15, 0.2) is 4.90 Å². The van der Waals surface area contributed by atoms with E-state index in [1.165, 1.54) is 19.3 Å². The largest absolute Gasteiger partial charge is 0.298 e. The molecule has 0 radical (unpaired) electrons. The minimum absolute atomic E-state index is 0.0214. The normalized spacial score (nSPS) is 23.5. The lowest BCUT2D eigenvalue weighted by molar-refractivity contribution is 0.0199. The number of rotatable bonds is 2. The van der Waals surface area contributed by atoms with Crippen molar-refractivity contribution in [1.82, 2.24) is 19.0 Å². The van der Waals surface area contributed by atoms with Crippen LogP contribution in [0.5, 0.6) is 0 Å². The van der Waals surface area contributed by atoms with Crippen molar-refractivity contribution in [1.29, 1.82) is 0 Å². The molecule has 0 atom stereocenters. The molecule has 1 aromatic heterocycles. The van der Waals surface area contributed by atoms with Crippen molar-refractivity contribution < 1.29 is 8.42 Å². The lowest BCUT2D eigenvalue weighted by Gasteiger charge is -2.51. The summed E-state index contributed by atoms with van der Waals surface area (Å²) in [4.78, 5) is 2.79. The van der Waals surface area contributed by atoms with Crippen LogP contribution in [-0.4, -0.2) is 59.6 Å². The number of sulfonamides is 1. The molecule has 1 aliphatic carbocycles. The molecule has 2 heterocycles. The van der Waals surface area contributed by atoms with Crippen LogP contribution >= 0.6 is 0 Å². The fourth-order valence-corrected chi connectivity index (χ4v) is 6.15. The van der Waals surface area contributed by atoms with E-state index in [-0.39, 0.29) is 5.54 Å². The number of hydrogen-bond acceptors (Lipinski definition) is 4. The monoisotopic (exact) mass is 340 g/mol. The number of nitrogens with zero attached hydrogens (tertiary/aromatic N) is 4. The maximum Gasteiger partial charge on any atom is 0.246 e. The molecule has 23 heavy (non-hydrogen) atoms. The first-order chi connectivity index (χ1) is 10.8. The number of aromatic nitrogens is 2. The molecule has 0 unspecified atom stereocenters. The van der Waals surface area contributed by atoms with E-state index in [1.807, 2.05) is 6.92 Å². The number of aryl methyl sites for hydroxylation is 2. The van der Waals surface area contributed by atoms with Gasteiger partial charge in [0.25, 0.3) is 0 Å². The third-order valence-corrected chi connectivity index (χ3v) is 7.89. The highest BCUT2D eigenvalue weighted by molar-refractivity contribution is 7.89. The van der Waals surface area contributed by atoms with Crippen LogP contribution in [0.25, 0.3) is 0 Å². The molecule has 1 aliphatic heterocycles. The molecule has 2 aliphatic rings. The maximum atomic E-state index is 13.2. The molecular weight excluding hydrogens is 312 g/mol. The second kappa shape index (κ2) is 5.86. The summed E-state index contributed by atoms with van der Waals surface area (Å²) in [5.74, 6) is 0. The Hall–Kier alpha value is -0.920. The highest BCUT2D eigenvalue weighted by Gasteiger charge is 2.44. The molecule has 2 fully saturated rings. The summed E-state index contributed by atoms with van der Waals surface area (Å²) in [6.45, 7) is 5.59. The molecule has 3 rings (SSSR count). The van der Waals surface area contributed by atoms with Gasteiger partial charge >= 0.3 is 0 Å². The number of likely N-dealkylation sites (N-methyl/N-ethyl adjacent to an activating group) is 1. The van der Waals surface area contributed by atoms with Gasteiger partial charge < -0.3 is 0 Å². The van der Waals surface area contributed by atoms with E-state index in [2.05, 4.69) is 17.0 Å². The van der Waals surface area contributed by atoms with Gasteiger partial charge in [0.15, 0.2) is 0 Å². The Balaban J connectivity index is 1.94. The van der Waals surface area contributed by atoms with Gasteiger partial charge in [-0.15, -0.1) is 0 Å². The van der Waals surface area contributed by atoms with Crippen molar-refractivity contribution in [3.05, 3.63) is 11.4 Å². The minimum atomic E-state index is -3.48. The van der Waals surface area contributed by atoms with Gasteiger partial charge in [0.1, 0.15) is 4.90 Å². The van der Waals surface area contributed by atoms with E-state index >= 15 is 0 Å². The molecule has 0 amide bonds. The van der Waals surface area contributed by atoms with E-state index in [0.717, 1.165) is 25.1 Å². The molecule has 130 valence electrons. The first-order valence-electron chi connectivity index (χ1n) is 8.49. The second-order valence-electron chi connectivity index (χ2n) is 7.17. The Morgan fingerprint density at radius 2 is 1.70 bits per heavy atom. The summed E-state index contributed by atoms with van der Waals surface area (Å²) in [6, 6.07) is 0. The number of piperazine rings is 1. The predicted octanol–water partition coefficient (Wildman–Crippen LogP) is 1.68. The maximum absolute atomic E-state index is 13.2. The van der Waals surface area contributed by atoms with E-state index in [0.29, 0.717) is 23.7 Å². The van der Waals surface area contributed by atoms with E-state index in [4.69, 9.17) is 0 Å². The highest BCUT2D eigenvalue weighted by atomic mass is 32.2. The first-order valence-corrected chi connectivity index (χ1v) is 9.93. The molecule has 6 nitrogen and oxygen atoms in total. The summed E-state index contributed by atoms with van der Waals surface area (Å²) in [5.41, 5.74) is 1.34. The fraction of sp³-hybridized carbons (Fsp3) is 0.812. The third kappa shape index (κ3) is 2.72. The van der Waals surface area contributed by atoms with Crippen molar-refractivity contribution in [2.45, 2.75) is 56.4 Å². The van der Waals surface area contributed by atoms with Crippen LogP contribution in [0.4, 0.5) is 0 Å². The molecule has 1 saturated carbocycles. The van der Waals surface area contributed by atoms with Gasteiger partial charge in [0.05, 0.1) is 11.4 Å². The predicted molar refractivity (Wildman–Crippen MR) is 89.9 cm³/mol. The van der Waals surface area contributed by atoms with Gasteiger partial charge in [-0.25, -0.2) is 8.42 Å². The summed E-state index contributed by atoms with van der Waals surface area (Å²) in [5, 5.41) is 4.29. The van der Waals surface area contributed by atoms with Crippen LogP contribution < -0.4 is 0 Å². The van der Waals surface area contributed by atoms with Gasteiger partial charge in [-0.3, -0.25) is 9.58 Å². The Morgan fingerprint density at radius 1 is 1.04 bits per heavy atom. The molecule has 0 aromatic carbocycles. The van der Waals surface area contributed by atoms with Gasteiger partial charge in [-0.1, -0.05) is 19.3 Å². The van der Waals surface area contributed by atoms with Crippen molar-refractivity contribution in [2.24, 2.45) is 7.05 Å². The SMILES string of the molecule is Cc1nn(C)c(C)c1S(=O)(=O)N1CCN(C)C2(CCCCC2)C1. The lowest BCUT2D eigenvalue weighted by Crippen LogP contribution is -2.62. The highest BCUT2D eigenvalue weighted by Crippen LogP contribution is 2.37. The molecule has 1 spiro atoms. The average Bonchev–Trinajstić information content (AvgIpc) is 2.76. The molecule has 1 aromatic rings. The number of hydrogen-bond donors (Lipinski definition) is 0. The van der Waals surface area contributed by atoms with E-state index < -0.39 is 10.0 Å². The quantitative estimate of drug-likeness (QED) is 0.822. The summed E-state index contributed by atoms with van der Waals surface area (Å²) in [7, 11) is 0.470. The van der Waals surface area contributed by atoms with Crippen LogP contribution in [-0.2, 0) is 17.1 Å². The Kier molecular flexibility index (Phi) is 4.31. The Bertz CT molecular complexity index is 689. The molecule has 1 saturated heterocycles. The molecule has 0 bridgehead atoms. The summed E-state index contributed by atoms with van der Waals surface area (Å²) < 4.78 is 29.8. The summed E-state index contributed by atoms with van der Waals surface area (Å²) in [6.07, 6.45) is 5.86. The zero-order chi connectivity index (χ0) is 16.8. The van der Waals surface area contributed by atoms with Crippen molar-refractivity contribution in [2.75, 3.05) is 26.7 Å². The third-order valence-electron chi connectivity index (χ3n) is 5.79. The van der Waals surface area contributed by atoms with Crippen LogP contribution in [0.2, 0.25) is 0 Å². The Labute approximate surface area is 139 Å². The Morgan fingerprint density at radius 3 is 2.26 bits per heavy atom. The lowest BCUT2D eigenvalue weighted by atomic mass is 9.79. The van der Waals surface area contributed by atoms with Gasteiger partial charge in [-0.05, 0) is 33.7 Å². The van der Waals surface area contributed by atoms with E-state index in [9.17, 15) is 8.42 Å². The van der Waals surface area contributed by atoms with E-state index in [1.54, 1.807) is 23.0 Å². The first kappa shape index (κ1) is 16.9. The fourth-order valence-electron chi connectivity index (χ4n) is 4.24. The van der Waals surface area contributed by atoms with Gasteiger partial charge in [0.2, 0.25) is 10.0 Å². The zero-order valence-corrected chi connectivity index (χ0v) is 15.5. The van der Waals surface area contributed by atoms with Crippen molar-refractivity contribution in [3.63, 3.8) is 0 Å². The molecular formula is C16H28N4O2S. The minimum Gasteiger partial charge on any atom is -0.298 e. The zero-order valence-electron chi connectivity index (χ0n) is 14.7. The van der Waals surface area contributed by atoms with Crippen molar-refractivity contribution in [3.8, 4) is 0 Å². The molecule has 7 heteroatoms. The molecule has 0 N–H and O–H groups in total. The smallest absolute Gasteiger partial charge is 0.246 e. The van der Waals surface area contributed by atoms with Gasteiger partial charge in [0, 0.05) is 32.2 Å². The van der Waals surface area contributed by atoms with Gasteiger partial charge in [-0.2, -0.15) is 9.40 Å². The van der Waals surface area contributed by atoms with Crippen LogP contribution in [0.3, 0.4) is 0 Å². The summed E-state index contributed by atoms with van der Waals surface area (Å²) >= 11 is 0. The van der Waals surface area contributed by atoms with Crippen LogP contribution in [0, 0.1) is 13.8 Å². The second-order valence-corrected chi connectivity index (χ2v) is 9.04. The standard InChI is InChI=1S/C16H28N4O2S/c1-13-15(14(2)19(4)17-13)23(21,22)20-11-10-18(3)16(12-20)8-6-5-7-9-16/h5-12H2,1-4H3. The van der Waals surface area contributed by atoms with Crippen molar-refractivity contribution >= 4 is 10.0 Å². The average molecular weight is 340 g/mol.